The molecule has 1 aromatic rings. The average molecular weight is 302 g/mol. The van der Waals surface area contributed by atoms with Gasteiger partial charge in [0.05, 0.1) is 0 Å². The fourth-order valence-corrected chi connectivity index (χ4v) is 2.86. The maximum atomic E-state index is 5.71. The van der Waals surface area contributed by atoms with E-state index in [1.54, 1.807) is 0 Å². The zero-order valence-electron chi connectivity index (χ0n) is 10.0. The molecule has 2 N–H and O–H groups in total. The monoisotopic (exact) mass is 301 g/mol. The average Bonchev–Trinajstić information content (AvgIpc) is 2.25. The van der Waals surface area contributed by atoms with Crippen molar-refractivity contribution in [2.24, 2.45) is 11.1 Å². The van der Waals surface area contributed by atoms with Crippen LogP contribution in [0.4, 0.5) is 0 Å². The summed E-state index contributed by atoms with van der Waals surface area (Å²) in [7, 11) is 0. The van der Waals surface area contributed by atoms with Crippen LogP contribution in [0.15, 0.2) is 33.6 Å². The van der Waals surface area contributed by atoms with Crippen LogP contribution in [0, 0.1) is 5.41 Å². The van der Waals surface area contributed by atoms with E-state index < -0.39 is 0 Å². The van der Waals surface area contributed by atoms with E-state index in [4.69, 9.17) is 5.73 Å². The van der Waals surface area contributed by atoms with Gasteiger partial charge in [-0.3, -0.25) is 0 Å². The Hall–Kier alpha value is 0.01000. The normalized spacial score (nSPS) is 11.8. The van der Waals surface area contributed by atoms with Crippen molar-refractivity contribution in [3.05, 3.63) is 28.7 Å². The lowest BCUT2D eigenvalue weighted by molar-refractivity contribution is 0.345. The molecule has 0 spiro atoms. The molecule has 1 rings (SSSR count). The van der Waals surface area contributed by atoms with Gasteiger partial charge < -0.3 is 5.73 Å². The van der Waals surface area contributed by atoms with Crippen LogP contribution in [0.5, 0.6) is 0 Å². The first-order chi connectivity index (χ1) is 7.53. The summed E-state index contributed by atoms with van der Waals surface area (Å²) in [6.45, 7) is 5.24. The molecule has 0 amide bonds. The second kappa shape index (κ2) is 6.67. The molecule has 0 radical (unpaired) electrons. The van der Waals surface area contributed by atoms with Crippen LogP contribution in [0.1, 0.15) is 26.7 Å². The third-order valence-corrected chi connectivity index (χ3v) is 4.19. The molecule has 0 aliphatic rings. The number of rotatable bonds is 6. The molecule has 1 nitrogen and oxygen atoms in total. The van der Waals surface area contributed by atoms with Crippen molar-refractivity contribution < 1.29 is 0 Å². The number of hydrogen-bond donors (Lipinski definition) is 1. The molecule has 0 heterocycles. The lowest BCUT2D eigenvalue weighted by Crippen LogP contribution is -2.23. The van der Waals surface area contributed by atoms with Gasteiger partial charge in [0.1, 0.15) is 0 Å². The van der Waals surface area contributed by atoms with Gasteiger partial charge in [0, 0.05) is 9.37 Å². The van der Waals surface area contributed by atoms with Gasteiger partial charge in [0.15, 0.2) is 0 Å². The number of hydrogen-bond acceptors (Lipinski definition) is 2. The largest absolute Gasteiger partial charge is 0.330 e. The molecule has 1 aromatic carbocycles. The van der Waals surface area contributed by atoms with Gasteiger partial charge in [-0.05, 0) is 48.8 Å². The summed E-state index contributed by atoms with van der Waals surface area (Å²) in [5, 5.41) is 0. The molecule has 0 fully saturated rings. The number of benzene rings is 1. The Morgan fingerprint density at radius 2 is 2.12 bits per heavy atom. The Balaban J connectivity index is 2.26. The van der Waals surface area contributed by atoms with Gasteiger partial charge in [0.2, 0.25) is 0 Å². The van der Waals surface area contributed by atoms with Crippen LogP contribution in [0.25, 0.3) is 0 Å². The Morgan fingerprint density at radius 1 is 1.38 bits per heavy atom. The summed E-state index contributed by atoms with van der Waals surface area (Å²) >= 11 is 5.40. The molecule has 3 heteroatoms. The molecule has 90 valence electrons. The summed E-state index contributed by atoms with van der Waals surface area (Å²) in [6, 6.07) is 8.46. The quantitative estimate of drug-likeness (QED) is 0.626. The van der Waals surface area contributed by atoms with Crippen LogP contribution in [0.2, 0.25) is 0 Å². The SMILES string of the molecule is CC(C)(CN)CCCSc1cccc(Br)c1. The van der Waals surface area contributed by atoms with E-state index in [2.05, 4.69) is 54.0 Å². The van der Waals surface area contributed by atoms with Gasteiger partial charge in [-0.15, -0.1) is 11.8 Å². The maximum Gasteiger partial charge on any atom is 0.0186 e. The highest BCUT2D eigenvalue weighted by Crippen LogP contribution is 2.26. The zero-order valence-corrected chi connectivity index (χ0v) is 12.4. The van der Waals surface area contributed by atoms with Crippen molar-refractivity contribution in [3.8, 4) is 0 Å². The van der Waals surface area contributed by atoms with Crippen LogP contribution in [-0.4, -0.2) is 12.3 Å². The van der Waals surface area contributed by atoms with Crippen molar-refractivity contribution in [3.63, 3.8) is 0 Å². The van der Waals surface area contributed by atoms with E-state index >= 15 is 0 Å². The van der Waals surface area contributed by atoms with Gasteiger partial charge in [-0.25, -0.2) is 0 Å². The summed E-state index contributed by atoms with van der Waals surface area (Å²) in [5.41, 5.74) is 6.00. The second-order valence-corrected chi connectivity index (χ2v) is 6.86. The third kappa shape index (κ3) is 5.37. The van der Waals surface area contributed by atoms with Crippen molar-refractivity contribution >= 4 is 27.7 Å². The Labute approximate surface area is 111 Å². The molecule has 0 atom stereocenters. The first kappa shape index (κ1) is 14.1. The van der Waals surface area contributed by atoms with E-state index in [0.717, 1.165) is 11.0 Å². The van der Waals surface area contributed by atoms with E-state index in [0.29, 0.717) is 0 Å². The lowest BCUT2D eigenvalue weighted by atomic mass is 9.88. The fourth-order valence-electron chi connectivity index (χ4n) is 1.40. The lowest BCUT2D eigenvalue weighted by Gasteiger charge is -2.21. The second-order valence-electron chi connectivity index (χ2n) is 4.78. The molecule has 0 unspecified atom stereocenters. The molecule has 0 aromatic heterocycles. The highest BCUT2D eigenvalue weighted by molar-refractivity contribution is 9.10. The minimum Gasteiger partial charge on any atom is -0.330 e. The summed E-state index contributed by atoms with van der Waals surface area (Å²) < 4.78 is 1.15. The van der Waals surface area contributed by atoms with Crippen LogP contribution < -0.4 is 5.73 Å². The Bertz CT molecular complexity index is 325. The summed E-state index contributed by atoms with van der Waals surface area (Å²) in [4.78, 5) is 1.33. The Morgan fingerprint density at radius 3 is 2.75 bits per heavy atom. The highest BCUT2D eigenvalue weighted by Gasteiger charge is 2.14. The van der Waals surface area contributed by atoms with Crippen LogP contribution >= 0.6 is 27.7 Å². The number of nitrogens with two attached hydrogens (primary N) is 1. The predicted octanol–water partition coefficient (Wildman–Crippen LogP) is 4.31. The molecule has 0 bridgehead atoms. The standard InChI is InChI=1S/C13H20BrNS/c1-13(2,10-15)7-4-8-16-12-6-3-5-11(14)9-12/h3,5-6,9H,4,7-8,10,15H2,1-2H3. The van der Waals surface area contributed by atoms with Gasteiger partial charge in [0.25, 0.3) is 0 Å². The molecule has 0 aliphatic heterocycles. The van der Waals surface area contributed by atoms with Crippen molar-refractivity contribution in [1.29, 1.82) is 0 Å². The highest BCUT2D eigenvalue weighted by atomic mass is 79.9. The van der Waals surface area contributed by atoms with E-state index in [9.17, 15) is 0 Å². The Kier molecular flexibility index (Phi) is 5.87. The van der Waals surface area contributed by atoms with Crippen molar-refractivity contribution in [2.45, 2.75) is 31.6 Å². The van der Waals surface area contributed by atoms with Gasteiger partial charge in [-0.1, -0.05) is 35.8 Å². The van der Waals surface area contributed by atoms with Crippen molar-refractivity contribution in [2.75, 3.05) is 12.3 Å². The smallest absolute Gasteiger partial charge is 0.0186 e. The minimum atomic E-state index is 0.290. The molecular formula is C13H20BrNS. The predicted molar refractivity (Wildman–Crippen MR) is 76.9 cm³/mol. The third-order valence-electron chi connectivity index (χ3n) is 2.62. The molecular weight excluding hydrogens is 282 g/mol. The summed E-state index contributed by atoms with van der Waals surface area (Å²) in [5.74, 6) is 1.17. The maximum absolute atomic E-state index is 5.71. The van der Waals surface area contributed by atoms with E-state index in [1.807, 2.05) is 11.8 Å². The number of thioether (sulfide) groups is 1. The van der Waals surface area contributed by atoms with Gasteiger partial charge in [-0.2, -0.15) is 0 Å². The van der Waals surface area contributed by atoms with E-state index in [-0.39, 0.29) is 5.41 Å². The summed E-state index contributed by atoms with van der Waals surface area (Å²) in [6.07, 6.45) is 2.42. The topological polar surface area (TPSA) is 26.0 Å². The minimum absolute atomic E-state index is 0.290. The fraction of sp³-hybridized carbons (Fsp3) is 0.538. The molecule has 0 saturated heterocycles. The first-order valence-electron chi connectivity index (χ1n) is 5.62. The first-order valence-corrected chi connectivity index (χ1v) is 7.40. The zero-order chi connectivity index (χ0) is 12.0. The van der Waals surface area contributed by atoms with Gasteiger partial charge >= 0.3 is 0 Å². The molecule has 16 heavy (non-hydrogen) atoms. The van der Waals surface area contributed by atoms with Crippen LogP contribution in [0.3, 0.4) is 0 Å². The molecule has 0 saturated carbocycles. The molecule has 0 aliphatic carbocycles. The van der Waals surface area contributed by atoms with Crippen LogP contribution in [-0.2, 0) is 0 Å². The van der Waals surface area contributed by atoms with E-state index in [1.165, 1.54) is 23.5 Å². The number of halogens is 1. The van der Waals surface area contributed by atoms with Crippen molar-refractivity contribution in [1.82, 2.24) is 0 Å².